The van der Waals surface area contributed by atoms with Crippen molar-refractivity contribution >= 4 is 11.3 Å². The lowest BCUT2D eigenvalue weighted by atomic mass is 10.1. The number of rotatable bonds is 1. The van der Waals surface area contributed by atoms with E-state index in [1.54, 1.807) is 12.3 Å². The van der Waals surface area contributed by atoms with Crippen molar-refractivity contribution in [2.45, 2.75) is 6.92 Å². The van der Waals surface area contributed by atoms with Gasteiger partial charge in [0, 0.05) is 23.8 Å². The van der Waals surface area contributed by atoms with Gasteiger partial charge in [0.05, 0.1) is 0 Å². The Bertz CT molecular complexity index is 711. The Labute approximate surface area is 104 Å². The van der Waals surface area contributed by atoms with E-state index in [9.17, 15) is 4.39 Å². The second-order valence-corrected chi connectivity index (χ2v) is 4.32. The summed E-state index contributed by atoms with van der Waals surface area (Å²) >= 11 is 0. The first-order valence-electron chi connectivity index (χ1n) is 5.63. The minimum absolute atomic E-state index is 0.326. The number of imidazole rings is 1. The van der Waals surface area contributed by atoms with Gasteiger partial charge in [0.1, 0.15) is 11.5 Å². The van der Waals surface area contributed by atoms with Gasteiger partial charge in [-0.3, -0.25) is 0 Å². The fraction of sp³-hybridized carbons (Fsp3) is 0.0714. The van der Waals surface area contributed by atoms with Gasteiger partial charge >= 0.3 is 0 Å². The Morgan fingerprint density at radius 2 is 2.00 bits per heavy atom. The molecule has 18 heavy (non-hydrogen) atoms. The molecule has 0 fully saturated rings. The first-order valence-corrected chi connectivity index (χ1v) is 5.63. The highest BCUT2D eigenvalue weighted by Gasteiger charge is 2.04. The summed E-state index contributed by atoms with van der Waals surface area (Å²) in [5.41, 5.74) is 9.68. The van der Waals surface area contributed by atoms with Crippen molar-refractivity contribution < 1.29 is 4.39 Å². The average Bonchev–Trinajstić information content (AvgIpc) is 2.69. The maximum absolute atomic E-state index is 13.3. The smallest absolute Gasteiger partial charge is 0.136 e. The van der Waals surface area contributed by atoms with Crippen LogP contribution in [-0.2, 0) is 0 Å². The van der Waals surface area contributed by atoms with Gasteiger partial charge in [-0.05, 0) is 48.4 Å². The number of hydrogen-bond donors (Lipinski definition) is 1. The molecule has 0 amide bonds. The Morgan fingerprint density at radius 1 is 1.17 bits per heavy atom. The molecule has 3 aromatic rings. The van der Waals surface area contributed by atoms with Crippen molar-refractivity contribution in [3.05, 3.63) is 54.2 Å². The normalized spacial score (nSPS) is 11.0. The lowest BCUT2D eigenvalue weighted by Crippen LogP contribution is -1.91. The number of nitrogen functional groups attached to an aromatic ring is 1. The monoisotopic (exact) mass is 241 g/mol. The maximum Gasteiger partial charge on any atom is 0.136 e. The number of benzene rings is 1. The number of anilines is 1. The van der Waals surface area contributed by atoms with Crippen LogP contribution in [-0.4, -0.2) is 9.38 Å². The topological polar surface area (TPSA) is 43.3 Å². The molecular formula is C14H12FN3. The Morgan fingerprint density at radius 3 is 2.78 bits per heavy atom. The van der Waals surface area contributed by atoms with E-state index in [1.165, 1.54) is 12.1 Å². The third-order valence-corrected chi connectivity index (χ3v) is 2.94. The highest BCUT2D eigenvalue weighted by atomic mass is 19.1. The third kappa shape index (κ3) is 1.72. The number of nitrogens with zero attached hydrogens (tertiary/aromatic N) is 2. The zero-order valence-corrected chi connectivity index (χ0v) is 9.89. The van der Waals surface area contributed by atoms with Crippen LogP contribution in [0.4, 0.5) is 10.1 Å². The fourth-order valence-electron chi connectivity index (χ4n) is 2.05. The van der Waals surface area contributed by atoms with Gasteiger partial charge in [-0.25, -0.2) is 9.37 Å². The van der Waals surface area contributed by atoms with Crippen LogP contribution in [0.1, 0.15) is 5.69 Å². The molecule has 0 aliphatic carbocycles. The summed E-state index contributed by atoms with van der Waals surface area (Å²) in [6.07, 6.45) is 3.74. The summed E-state index contributed by atoms with van der Waals surface area (Å²) in [7, 11) is 0. The summed E-state index contributed by atoms with van der Waals surface area (Å²) in [5.74, 6) is -0.326. The molecule has 2 aromatic heterocycles. The van der Waals surface area contributed by atoms with Crippen LogP contribution in [0.25, 0.3) is 16.8 Å². The van der Waals surface area contributed by atoms with Gasteiger partial charge in [-0.15, -0.1) is 0 Å². The van der Waals surface area contributed by atoms with Crippen molar-refractivity contribution in [2.75, 3.05) is 5.73 Å². The summed E-state index contributed by atoms with van der Waals surface area (Å²) < 4.78 is 15.3. The van der Waals surface area contributed by atoms with E-state index in [2.05, 4.69) is 4.98 Å². The van der Waals surface area contributed by atoms with E-state index in [0.29, 0.717) is 5.69 Å². The first-order chi connectivity index (χ1) is 8.63. The molecule has 3 nitrogen and oxygen atoms in total. The molecule has 2 heterocycles. The highest BCUT2D eigenvalue weighted by Crippen LogP contribution is 2.24. The van der Waals surface area contributed by atoms with Gasteiger partial charge in [0.25, 0.3) is 0 Å². The lowest BCUT2D eigenvalue weighted by molar-refractivity contribution is 0.629. The van der Waals surface area contributed by atoms with Crippen LogP contribution >= 0.6 is 0 Å². The van der Waals surface area contributed by atoms with E-state index in [0.717, 1.165) is 22.5 Å². The molecule has 0 unspecified atom stereocenters. The largest absolute Gasteiger partial charge is 0.399 e. The minimum Gasteiger partial charge on any atom is -0.399 e. The molecule has 2 N–H and O–H groups in total. The number of fused-ring (bicyclic) bond motifs is 1. The molecule has 0 saturated heterocycles. The molecule has 0 aliphatic heterocycles. The van der Waals surface area contributed by atoms with Crippen LogP contribution in [0, 0.1) is 12.7 Å². The summed E-state index contributed by atoms with van der Waals surface area (Å²) in [6.45, 7) is 1.98. The number of halogens is 1. The molecule has 0 radical (unpaired) electrons. The zero-order valence-electron chi connectivity index (χ0n) is 9.89. The number of pyridine rings is 1. The molecule has 0 saturated carbocycles. The van der Waals surface area contributed by atoms with Crippen molar-refractivity contribution in [1.82, 2.24) is 9.38 Å². The van der Waals surface area contributed by atoms with Crippen molar-refractivity contribution in [3.63, 3.8) is 0 Å². The second-order valence-electron chi connectivity index (χ2n) is 4.32. The average molecular weight is 241 g/mol. The van der Waals surface area contributed by atoms with E-state index in [4.69, 9.17) is 5.73 Å². The summed E-state index contributed by atoms with van der Waals surface area (Å²) in [5, 5.41) is 0. The van der Waals surface area contributed by atoms with Crippen LogP contribution in [0.2, 0.25) is 0 Å². The number of aromatic nitrogens is 2. The van der Waals surface area contributed by atoms with Gasteiger partial charge in [0.2, 0.25) is 0 Å². The second kappa shape index (κ2) is 3.84. The van der Waals surface area contributed by atoms with E-state index >= 15 is 0 Å². The van der Waals surface area contributed by atoms with Crippen LogP contribution < -0.4 is 5.73 Å². The molecular weight excluding hydrogens is 229 g/mol. The number of aryl methyl sites for hydroxylation is 1. The van der Waals surface area contributed by atoms with E-state index < -0.39 is 0 Å². The Balaban J connectivity index is 2.21. The molecule has 0 bridgehead atoms. The van der Waals surface area contributed by atoms with Crippen molar-refractivity contribution in [2.24, 2.45) is 0 Å². The quantitative estimate of drug-likeness (QED) is 0.665. The first kappa shape index (κ1) is 10.8. The highest BCUT2D eigenvalue weighted by molar-refractivity contribution is 5.68. The minimum atomic E-state index is -0.326. The number of nitrogens with two attached hydrogens (primary N) is 1. The predicted molar refractivity (Wildman–Crippen MR) is 69.7 cm³/mol. The standard InChI is InChI=1S/C14H12FN3/c1-9-7-17-14-3-2-10(8-18(9)14)11-4-12(15)6-13(16)5-11/h2-8H,16H2,1H3. The molecule has 90 valence electrons. The molecule has 0 atom stereocenters. The van der Waals surface area contributed by atoms with E-state index in [1.807, 2.05) is 29.7 Å². The summed E-state index contributed by atoms with van der Waals surface area (Å²) in [4.78, 5) is 4.25. The molecule has 4 heteroatoms. The fourth-order valence-corrected chi connectivity index (χ4v) is 2.05. The summed E-state index contributed by atoms with van der Waals surface area (Å²) in [6, 6.07) is 8.37. The SMILES string of the molecule is Cc1cnc2ccc(-c3cc(N)cc(F)c3)cn12. The Kier molecular flexibility index (Phi) is 2.30. The van der Waals surface area contributed by atoms with E-state index in [-0.39, 0.29) is 5.82 Å². The van der Waals surface area contributed by atoms with Gasteiger partial charge in [-0.2, -0.15) is 0 Å². The number of hydrogen-bond acceptors (Lipinski definition) is 2. The van der Waals surface area contributed by atoms with Crippen LogP contribution in [0.15, 0.2) is 42.7 Å². The third-order valence-electron chi connectivity index (χ3n) is 2.94. The van der Waals surface area contributed by atoms with Crippen LogP contribution in [0.5, 0.6) is 0 Å². The predicted octanol–water partition coefficient (Wildman–Crippen LogP) is 3.03. The van der Waals surface area contributed by atoms with Gasteiger partial charge < -0.3 is 10.1 Å². The molecule has 3 rings (SSSR count). The lowest BCUT2D eigenvalue weighted by Gasteiger charge is -2.05. The molecule has 0 spiro atoms. The molecule has 0 aliphatic rings. The van der Waals surface area contributed by atoms with Gasteiger partial charge in [-0.1, -0.05) is 0 Å². The molecule has 1 aromatic carbocycles. The van der Waals surface area contributed by atoms with Crippen molar-refractivity contribution in [1.29, 1.82) is 0 Å². The Hall–Kier alpha value is -2.36. The van der Waals surface area contributed by atoms with Crippen LogP contribution in [0.3, 0.4) is 0 Å². The van der Waals surface area contributed by atoms with Gasteiger partial charge in [0.15, 0.2) is 0 Å². The van der Waals surface area contributed by atoms with Crippen molar-refractivity contribution in [3.8, 4) is 11.1 Å². The zero-order chi connectivity index (χ0) is 12.7. The maximum atomic E-state index is 13.3.